The molecular formula is C26H23I2O9S-. The number of rotatable bonds is 6. The van der Waals surface area contributed by atoms with Gasteiger partial charge in [-0.3, -0.25) is 9.59 Å². The van der Waals surface area contributed by atoms with Crippen LogP contribution in [-0.2, 0) is 29.2 Å². The Bertz CT molecular complexity index is 1470. The molecule has 3 fully saturated rings. The predicted molar refractivity (Wildman–Crippen MR) is 148 cm³/mol. The Morgan fingerprint density at radius 1 is 1.11 bits per heavy atom. The molecule has 0 N–H and O–H groups in total. The fraction of sp³-hybridized carbons (Fsp3) is 0.423. The average Bonchev–Trinajstić information content (AvgIpc) is 3.45. The number of aryl methyl sites for hydroxylation is 1. The first-order valence-corrected chi connectivity index (χ1v) is 15.5. The lowest BCUT2D eigenvalue weighted by molar-refractivity contribution is -0.149. The molecule has 9 nitrogen and oxygen atoms in total. The van der Waals surface area contributed by atoms with E-state index in [1.807, 2.05) is 6.07 Å². The van der Waals surface area contributed by atoms with Gasteiger partial charge in [0, 0.05) is 19.0 Å². The summed E-state index contributed by atoms with van der Waals surface area (Å²) in [6, 6.07) is 7.78. The summed E-state index contributed by atoms with van der Waals surface area (Å²) in [4.78, 5) is 38.8. The van der Waals surface area contributed by atoms with Gasteiger partial charge in [-0.05, 0) is 106 Å². The molecule has 0 amide bonds. The summed E-state index contributed by atoms with van der Waals surface area (Å²) in [6.07, 6.45) is -0.915. The number of hydrogen-bond donors (Lipinski definition) is 0. The van der Waals surface area contributed by atoms with Gasteiger partial charge in [0.1, 0.15) is 28.1 Å². The molecule has 2 saturated carbocycles. The van der Waals surface area contributed by atoms with E-state index in [9.17, 15) is 27.4 Å². The van der Waals surface area contributed by atoms with Crippen LogP contribution in [0.2, 0.25) is 0 Å². The van der Waals surface area contributed by atoms with Gasteiger partial charge in [-0.1, -0.05) is 13.8 Å². The van der Waals surface area contributed by atoms with E-state index in [1.54, 1.807) is 26.0 Å². The second-order valence-electron chi connectivity index (χ2n) is 10.2. The summed E-state index contributed by atoms with van der Waals surface area (Å²) in [7, 11) is -4.73. The standard InChI is InChI=1S/C26H24I2O9S/c1-10(2)13-9-18(11(3)6-19(13)38(32,33)34)35-25(30)20-14-8-15-21(20)26(31)37-23(15)22(14)36-24(29)12-4-5-16(27)17(28)7-12/h4-7,9-10,14-15,20-23H,8H2,1-3H3,(H,32,33,34)/p-1. The third-order valence-corrected chi connectivity index (χ3v) is 11.4. The van der Waals surface area contributed by atoms with E-state index in [1.165, 1.54) is 19.1 Å². The van der Waals surface area contributed by atoms with Crippen LogP contribution in [0.3, 0.4) is 0 Å². The normalized spacial score (nSPS) is 27.5. The second kappa shape index (κ2) is 10.0. The van der Waals surface area contributed by atoms with E-state index in [2.05, 4.69) is 45.2 Å². The Kier molecular flexibility index (Phi) is 7.31. The molecule has 2 aromatic rings. The minimum absolute atomic E-state index is 0.110. The van der Waals surface area contributed by atoms with E-state index in [-0.39, 0.29) is 28.0 Å². The fourth-order valence-electron chi connectivity index (χ4n) is 5.91. The highest BCUT2D eigenvalue weighted by atomic mass is 127. The van der Waals surface area contributed by atoms with Crippen molar-refractivity contribution in [1.29, 1.82) is 0 Å². The highest BCUT2D eigenvalue weighted by Gasteiger charge is 2.70. The molecule has 1 aliphatic heterocycles. The number of halogens is 2. The molecule has 1 saturated heterocycles. The molecule has 6 atom stereocenters. The first-order chi connectivity index (χ1) is 17.8. The van der Waals surface area contributed by atoms with Gasteiger partial charge in [0.15, 0.2) is 0 Å². The van der Waals surface area contributed by atoms with Crippen LogP contribution in [0.25, 0.3) is 0 Å². The third-order valence-electron chi connectivity index (χ3n) is 7.63. The van der Waals surface area contributed by atoms with Crippen molar-refractivity contribution < 1.29 is 41.6 Å². The van der Waals surface area contributed by atoms with Gasteiger partial charge in [0.05, 0.1) is 22.3 Å². The molecule has 6 unspecified atom stereocenters. The maximum Gasteiger partial charge on any atom is 0.338 e. The van der Waals surface area contributed by atoms with E-state index >= 15 is 0 Å². The van der Waals surface area contributed by atoms with Crippen molar-refractivity contribution in [2.24, 2.45) is 23.7 Å². The third kappa shape index (κ3) is 4.74. The molecule has 0 radical (unpaired) electrons. The fourth-order valence-corrected chi connectivity index (χ4v) is 7.67. The molecule has 0 aromatic heterocycles. The molecule has 202 valence electrons. The van der Waals surface area contributed by atoms with Crippen LogP contribution < -0.4 is 4.74 Å². The smallest absolute Gasteiger partial charge is 0.338 e. The van der Waals surface area contributed by atoms with Crippen molar-refractivity contribution in [1.82, 2.24) is 0 Å². The van der Waals surface area contributed by atoms with Crippen molar-refractivity contribution in [3.63, 3.8) is 0 Å². The SMILES string of the molecule is Cc1cc(S(=O)(=O)[O-])c(C(C)C)cc1OC(=O)C1C2CC3C(OC(=O)C31)C2OC(=O)c1ccc(I)c(I)c1. The Balaban J connectivity index is 1.41. The van der Waals surface area contributed by atoms with E-state index < -0.39 is 58.0 Å². The van der Waals surface area contributed by atoms with Crippen LogP contribution in [0.4, 0.5) is 0 Å². The largest absolute Gasteiger partial charge is 0.744 e. The molecule has 5 rings (SSSR count). The minimum atomic E-state index is -4.73. The predicted octanol–water partition coefficient (Wildman–Crippen LogP) is 4.17. The van der Waals surface area contributed by atoms with E-state index in [0.717, 1.165) is 7.14 Å². The van der Waals surface area contributed by atoms with Crippen molar-refractivity contribution >= 4 is 73.2 Å². The molecule has 38 heavy (non-hydrogen) atoms. The first-order valence-electron chi connectivity index (χ1n) is 12.0. The van der Waals surface area contributed by atoms with Crippen molar-refractivity contribution in [3.8, 4) is 5.75 Å². The zero-order valence-electron chi connectivity index (χ0n) is 20.5. The van der Waals surface area contributed by atoms with E-state index in [4.69, 9.17) is 14.2 Å². The lowest BCUT2D eigenvalue weighted by atomic mass is 9.78. The summed E-state index contributed by atoms with van der Waals surface area (Å²) in [5.41, 5.74) is 0.895. The van der Waals surface area contributed by atoms with Crippen LogP contribution >= 0.6 is 45.2 Å². The molecule has 0 spiro atoms. The summed E-state index contributed by atoms with van der Waals surface area (Å²) >= 11 is 4.29. The quantitative estimate of drug-likeness (QED) is 0.184. The van der Waals surface area contributed by atoms with Crippen LogP contribution in [0.5, 0.6) is 5.75 Å². The highest BCUT2D eigenvalue weighted by Crippen LogP contribution is 2.59. The lowest BCUT2D eigenvalue weighted by Crippen LogP contribution is -2.44. The summed E-state index contributed by atoms with van der Waals surface area (Å²) in [6.45, 7) is 4.99. The van der Waals surface area contributed by atoms with Gasteiger partial charge in [-0.15, -0.1) is 0 Å². The number of carbonyl (C=O) groups is 3. The van der Waals surface area contributed by atoms with Crippen molar-refractivity contribution in [3.05, 3.63) is 54.2 Å². The number of ether oxygens (including phenoxy) is 3. The maximum atomic E-state index is 13.5. The van der Waals surface area contributed by atoms with Gasteiger partial charge >= 0.3 is 17.9 Å². The number of hydrogen-bond acceptors (Lipinski definition) is 9. The van der Waals surface area contributed by atoms with Crippen molar-refractivity contribution in [2.45, 2.75) is 50.2 Å². The molecule has 2 aliphatic carbocycles. The van der Waals surface area contributed by atoms with Crippen LogP contribution in [0, 0.1) is 37.7 Å². The van der Waals surface area contributed by atoms with Gasteiger partial charge in [0.2, 0.25) is 0 Å². The summed E-state index contributed by atoms with van der Waals surface area (Å²) in [5.74, 6) is -4.28. The second-order valence-corrected chi connectivity index (χ2v) is 13.9. The zero-order valence-corrected chi connectivity index (χ0v) is 25.6. The Hall–Kier alpha value is -1.78. The average molecular weight is 765 g/mol. The Morgan fingerprint density at radius 3 is 2.45 bits per heavy atom. The molecular weight excluding hydrogens is 742 g/mol. The number of benzene rings is 2. The van der Waals surface area contributed by atoms with Crippen LogP contribution in [0.15, 0.2) is 35.2 Å². The van der Waals surface area contributed by atoms with E-state index in [0.29, 0.717) is 17.5 Å². The lowest BCUT2D eigenvalue weighted by Gasteiger charge is -2.30. The zero-order chi connectivity index (χ0) is 27.7. The van der Waals surface area contributed by atoms with Crippen molar-refractivity contribution in [2.75, 3.05) is 0 Å². The number of carbonyl (C=O) groups excluding carboxylic acids is 3. The molecule has 12 heteroatoms. The number of fused-ring (bicyclic) bond motifs is 1. The van der Waals surface area contributed by atoms with Crippen LogP contribution in [0.1, 0.15) is 47.7 Å². The topological polar surface area (TPSA) is 136 Å². The van der Waals surface area contributed by atoms with Gasteiger partial charge in [-0.2, -0.15) is 0 Å². The summed E-state index contributed by atoms with van der Waals surface area (Å²) in [5, 5.41) is 0. The van der Waals surface area contributed by atoms with Crippen LogP contribution in [-0.4, -0.2) is 43.1 Å². The van der Waals surface area contributed by atoms with Gasteiger partial charge in [0.25, 0.3) is 0 Å². The highest BCUT2D eigenvalue weighted by molar-refractivity contribution is 14.1. The number of esters is 3. The molecule has 2 aromatic carbocycles. The van der Waals surface area contributed by atoms with Gasteiger partial charge in [-0.25, -0.2) is 13.2 Å². The molecule has 2 bridgehead atoms. The molecule has 3 aliphatic rings. The monoisotopic (exact) mass is 765 g/mol. The first kappa shape index (κ1) is 27.8. The summed E-state index contributed by atoms with van der Waals surface area (Å²) < 4.78 is 54.3. The minimum Gasteiger partial charge on any atom is -0.744 e. The van der Waals surface area contributed by atoms with Gasteiger partial charge < -0.3 is 18.8 Å². The Morgan fingerprint density at radius 2 is 1.82 bits per heavy atom. The molecule has 1 heterocycles. The Labute approximate surface area is 247 Å². The maximum absolute atomic E-state index is 13.5.